The molecule has 2 rings (SSSR count). The second-order valence-electron chi connectivity index (χ2n) is 3.34. The molecule has 1 heterocycles. The minimum atomic E-state index is -0.455. The van der Waals surface area contributed by atoms with E-state index >= 15 is 0 Å². The lowest BCUT2D eigenvalue weighted by Gasteiger charge is -2.07. The van der Waals surface area contributed by atoms with Gasteiger partial charge in [0.2, 0.25) is 0 Å². The molecule has 1 aromatic carbocycles. The van der Waals surface area contributed by atoms with Crippen LogP contribution in [0.5, 0.6) is 0 Å². The van der Waals surface area contributed by atoms with E-state index in [9.17, 15) is 8.78 Å². The molecule has 0 spiro atoms. The van der Waals surface area contributed by atoms with Gasteiger partial charge >= 0.3 is 0 Å². The summed E-state index contributed by atoms with van der Waals surface area (Å²) in [7, 11) is 0. The van der Waals surface area contributed by atoms with Gasteiger partial charge in [0.05, 0.1) is 12.4 Å². The van der Waals surface area contributed by atoms with Crippen molar-refractivity contribution in [3.05, 3.63) is 53.6 Å². The summed E-state index contributed by atoms with van der Waals surface area (Å²) in [6.45, 7) is 0.228. The van der Waals surface area contributed by atoms with Gasteiger partial charge in [0.1, 0.15) is 17.5 Å². The van der Waals surface area contributed by atoms with Gasteiger partial charge in [0.25, 0.3) is 0 Å². The van der Waals surface area contributed by atoms with Crippen LogP contribution in [0.4, 0.5) is 8.78 Å². The maximum absolute atomic E-state index is 13.4. The third-order valence-corrected chi connectivity index (χ3v) is 2.51. The zero-order valence-electron chi connectivity index (χ0n) is 8.33. The van der Waals surface area contributed by atoms with Gasteiger partial charge in [-0.05, 0) is 18.2 Å². The number of nitrogens with zero attached hydrogens (tertiary/aromatic N) is 2. The Morgan fingerprint density at radius 3 is 2.88 bits per heavy atom. The molecule has 1 aromatic heterocycles. The van der Waals surface area contributed by atoms with Crippen molar-refractivity contribution < 1.29 is 8.78 Å². The minimum Gasteiger partial charge on any atom is -0.329 e. The van der Waals surface area contributed by atoms with Crippen LogP contribution in [0.25, 0.3) is 0 Å². The normalized spacial score (nSPS) is 10.7. The van der Waals surface area contributed by atoms with Crippen LogP contribution in [0.15, 0.2) is 30.6 Å². The van der Waals surface area contributed by atoms with Crippen LogP contribution in [0.1, 0.15) is 11.4 Å². The van der Waals surface area contributed by atoms with Crippen LogP contribution in [-0.4, -0.2) is 9.55 Å². The molecule has 0 atom stereocenters. The summed E-state index contributed by atoms with van der Waals surface area (Å²) >= 11 is 5.66. The molecule has 0 saturated heterocycles. The number of benzene rings is 1. The Balaban J connectivity index is 2.30. The zero-order valence-corrected chi connectivity index (χ0v) is 9.09. The number of halogens is 3. The van der Waals surface area contributed by atoms with Crippen molar-refractivity contribution in [2.75, 3.05) is 0 Å². The van der Waals surface area contributed by atoms with Gasteiger partial charge in [-0.3, -0.25) is 0 Å². The van der Waals surface area contributed by atoms with Crippen molar-refractivity contribution >= 4 is 11.6 Å². The predicted molar refractivity (Wildman–Crippen MR) is 57.2 cm³/mol. The van der Waals surface area contributed by atoms with E-state index in [0.29, 0.717) is 5.82 Å². The smallest absolute Gasteiger partial charge is 0.128 e. The van der Waals surface area contributed by atoms with Crippen molar-refractivity contribution in [3.63, 3.8) is 0 Å². The first-order chi connectivity index (χ1) is 7.70. The van der Waals surface area contributed by atoms with Crippen molar-refractivity contribution in [1.82, 2.24) is 9.55 Å². The highest BCUT2D eigenvalue weighted by Crippen LogP contribution is 2.13. The molecular formula is C11H9ClF2N2. The lowest BCUT2D eigenvalue weighted by Crippen LogP contribution is -2.05. The average molecular weight is 243 g/mol. The Kier molecular flexibility index (Phi) is 3.19. The summed E-state index contributed by atoms with van der Waals surface area (Å²) < 4.78 is 28.0. The third-order valence-electron chi connectivity index (χ3n) is 2.27. The van der Waals surface area contributed by atoms with Crippen molar-refractivity contribution in [2.24, 2.45) is 0 Å². The molecule has 0 aliphatic rings. The topological polar surface area (TPSA) is 17.8 Å². The van der Waals surface area contributed by atoms with Gasteiger partial charge in [-0.25, -0.2) is 13.8 Å². The predicted octanol–water partition coefficient (Wildman–Crippen LogP) is 2.95. The van der Waals surface area contributed by atoms with Crippen LogP contribution in [0, 0.1) is 11.6 Å². The Morgan fingerprint density at radius 1 is 1.31 bits per heavy atom. The molecule has 0 bridgehead atoms. The van der Waals surface area contributed by atoms with Gasteiger partial charge in [-0.1, -0.05) is 0 Å². The molecule has 0 radical (unpaired) electrons. The minimum absolute atomic E-state index is 0.228. The van der Waals surface area contributed by atoms with E-state index in [0.717, 1.165) is 12.1 Å². The van der Waals surface area contributed by atoms with Crippen molar-refractivity contribution in [3.8, 4) is 0 Å². The summed E-state index contributed by atoms with van der Waals surface area (Å²) in [6.07, 6.45) is 3.26. The third kappa shape index (κ3) is 2.22. The maximum Gasteiger partial charge on any atom is 0.128 e. The Hall–Kier alpha value is -1.42. The van der Waals surface area contributed by atoms with E-state index in [-0.39, 0.29) is 18.0 Å². The van der Waals surface area contributed by atoms with Crippen LogP contribution in [0.3, 0.4) is 0 Å². The molecule has 0 fully saturated rings. The van der Waals surface area contributed by atoms with Gasteiger partial charge < -0.3 is 4.57 Å². The van der Waals surface area contributed by atoms with Crippen LogP contribution in [-0.2, 0) is 12.4 Å². The molecule has 0 unspecified atom stereocenters. The number of hydrogen-bond donors (Lipinski definition) is 0. The molecule has 5 heteroatoms. The van der Waals surface area contributed by atoms with E-state index in [1.54, 1.807) is 17.0 Å². The summed E-state index contributed by atoms with van der Waals surface area (Å²) in [5.41, 5.74) is 0.282. The number of rotatable bonds is 3. The summed E-state index contributed by atoms with van der Waals surface area (Å²) in [5.74, 6) is -0.0193. The van der Waals surface area contributed by atoms with E-state index in [4.69, 9.17) is 11.6 Å². The Bertz CT molecular complexity index is 496. The summed E-state index contributed by atoms with van der Waals surface area (Å²) in [5, 5.41) is 0. The standard InChI is InChI=1S/C11H9ClF2N2/c12-6-11-15-3-4-16(11)7-8-5-9(13)1-2-10(8)14/h1-5H,6-7H2. The van der Waals surface area contributed by atoms with Crippen LogP contribution >= 0.6 is 11.6 Å². The molecule has 16 heavy (non-hydrogen) atoms. The lowest BCUT2D eigenvalue weighted by atomic mass is 10.2. The highest BCUT2D eigenvalue weighted by atomic mass is 35.5. The maximum atomic E-state index is 13.4. The average Bonchev–Trinajstić information content (AvgIpc) is 2.71. The monoisotopic (exact) mass is 242 g/mol. The van der Waals surface area contributed by atoms with Crippen LogP contribution in [0.2, 0.25) is 0 Å². The van der Waals surface area contributed by atoms with Crippen molar-refractivity contribution in [2.45, 2.75) is 12.4 Å². The molecule has 2 aromatic rings. The SMILES string of the molecule is Fc1ccc(F)c(Cn2ccnc2CCl)c1. The van der Waals surface area contributed by atoms with Crippen LogP contribution < -0.4 is 0 Å². The molecule has 0 aliphatic heterocycles. The molecule has 84 valence electrons. The fourth-order valence-electron chi connectivity index (χ4n) is 1.46. The first-order valence-electron chi connectivity index (χ1n) is 4.70. The quantitative estimate of drug-likeness (QED) is 0.757. The fraction of sp³-hybridized carbons (Fsp3) is 0.182. The second-order valence-corrected chi connectivity index (χ2v) is 3.61. The number of alkyl halides is 1. The first-order valence-corrected chi connectivity index (χ1v) is 5.24. The molecule has 2 nitrogen and oxygen atoms in total. The van der Waals surface area contributed by atoms with E-state index in [2.05, 4.69) is 4.98 Å². The van der Waals surface area contributed by atoms with Gasteiger partial charge in [0.15, 0.2) is 0 Å². The highest BCUT2D eigenvalue weighted by molar-refractivity contribution is 6.16. The summed E-state index contributed by atoms with van der Waals surface area (Å²) in [4.78, 5) is 4.00. The largest absolute Gasteiger partial charge is 0.329 e. The van der Waals surface area contributed by atoms with E-state index in [1.165, 1.54) is 6.07 Å². The molecule has 0 saturated carbocycles. The van der Waals surface area contributed by atoms with E-state index < -0.39 is 11.6 Å². The molecule has 0 amide bonds. The lowest BCUT2D eigenvalue weighted by molar-refractivity contribution is 0.575. The van der Waals surface area contributed by atoms with Gasteiger partial charge in [-0.15, -0.1) is 11.6 Å². The Morgan fingerprint density at radius 2 is 2.12 bits per heavy atom. The second kappa shape index (κ2) is 4.61. The number of imidazole rings is 1. The Labute approximate surface area is 96.5 Å². The molecule has 0 N–H and O–H groups in total. The number of aromatic nitrogens is 2. The van der Waals surface area contributed by atoms with Crippen molar-refractivity contribution in [1.29, 1.82) is 0 Å². The van der Waals surface area contributed by atoms with Gasteiger partial charge in [-0.2, -0.15) is 0 Å². The molecule has 0 aliphatic carbocycles. The molecular weight excluding hydrogens is 234 g/mol. The zero-order chi connectivity index (χ0) is 11.5. The first kappa shape index (κ1) is 11.1. The van der Waals surface area contributed by atoms with Gasteiger partial charge in [0, 0.05) is 18.0 Å². The summed E-state index contributed by atoms with van der Waals surface area (Å²) in [6, 6.07) is 3.38. The number of hydrogen-bond acceptors (Lipinski definition) is 1. The fourth-order valence-corrected chi connectivity index (χ4v) is 1.69. The highest BCUT2D eigenvalue weighted by Gasteiger charge is 2.07. The van der Waals surface area contributed by atoms with E-state index in [1.807, 2.05) is 0 Å².